The highest BCUT2D eigenvalue weighted by Crippen LogP contribution is 2.27. The van der Waals surface area contributed by atoms with Gasteiger partial charge in [-0.3, -0.25) is 4.90 Å². The molecule has 0 amide bonds. The van der Waals surface area contributed by atoms with Crippen molar-refractivity contribution in [2.45, 2.75) is 44.7 Å². The molecule has 1 aromatic heterocycles. The van der Waals surface area contributed by atoms with Gasteiger partial charge in [-0.25, -0.2) is 0 Å². The van der Waals surface area contributed by atoms with Crippen LogP contribution < -0.4 is 5.73 Å². The first-order valence-electron chi connectivity index (χ1n) is 7.79. The summed E-state index contributed by atoms with van der Waals surface area (Å²) in [5.41, 5.74) is 7.54. The summed E-state index contributed by atoms with van der Waals surface area (Å²) in [6.45, 7) is 8.70. The van der Waals surface area contributed by atoms with E-state index in [-0.39, 0.29) is 23.9 Å². The third-order valence-corrected chi connectivity index (χ3v) is 4.17. The van der Waals surface area contributed by atoms with Gasteiger partial charge in [0.1, 0.15) is 0 Å². The quantitative estimate of drug-likeness (QED) is 0.933. The molecule has 0 saturated carbocycles. The highest BCUT2D eigenvalue weighted by atomic mass is 35.5. The molecule has 0 unspecified atom stereocenters. The number of likely N-dealkylation sites (tertiary alicyclic amines) is 1. The van der Waals surface area contributed by atoms with Gasteiger partial charge in [-0.2, -0.15) is 4.98 Å². The molecule has 126 valence electrons. The Morgan fingerprint density at radius 2 is 1.91 bits per heavy atom. The lowest BCUT2D eigenvalue weighted by Gasteiger charge is -2.14. The molecule has 3 rings (SSSR count). The smallest absolute Gasteiger partial charge is 0.240 e. The second kappa shape index (κ2) is 6.99. The summed E-state index contributed by atoms with van der Waals surface area (Å²) < 4.78 is 5.39. The summed E-state index contributed by atoms with van der Waals surface area (Å²) in [4.78, 5) is 6.80. The Hall–Kier alpha value is -1.43. The van der Waals surface area contributed by atoms with Gasteiger partial charge in [0.25, 0.3) is 0 Å². The molecule has 0 spiro atoms. The minimum atomic E-state index is -0.0876. The third kappa shape index (κ3) is 4.10. The second-order valence-corrected chi connectivity index (χ2v) is 7.14. The van der Waals surface area contributed by atoms with Crippen LogP contribution in [0.2, 0.25) is 0 Å². The predicted octanol–water partition coefficient (Wildman–Crippen LogP) is 2.72. The molecule has 6 heteroatoms. The molecule has 2 heterocycles. The largest absolute Gasteiger partial charge is 0.338 e. The van der Waals surface area contributed by atoms with Gasteiger partial charge in [0, 0.05) is 30.5 Å². The first-order valence-corrected chi connectivity index (χ1v) is 7.79. The number of nitrogens with two attached hydrogens (primary N) is 1. The van der Waals surface area contributed by atoms with Gasteiger partial charge in [0.05, 0.1) is 6.54 Å². The second-order valence-electron chi connectivity index (χ2n) is 7.14. The Kier molecular flexibility index (Phi) is 5.45. The standard InChI is InChI=1S/C17H24N4O.ClH/c1-17(2,3)16-19-15(22-20-16)11-21-9-13(14(18)10-21)12-7-5-4-6-8-12;/h4-8,13-14H,9-11,18H2,1-3H3;1H/t13-,14+;/m0./s1. The lowest BCUT2D eigenvalue weighted by molar-refractivity contribution is 0.262. The van der Waals surface area contributed by atoms with E-state index in [0.717, 1.165) is 18.9 Å². The van der Waals surface area contributed by atoms with Crippen LogP contribution in [0.15, 0.2) is 34.9 Å². The number of hydrogen-bond donors (Lipinski definition) is 1. The molecule has 1 saturated heterocycles. The number of aromatic nitrogens is 2. The van der Waals surface area contributed by atoms with Gasteiger partial charge in [-0.15, -0.1) is 12.4 Å². The third-order valence-electron chi connectivity index (χ3n) is 4.17. The molecule has 2 atom stereocenters. The lowest BCUT2D eigenvalue weighted by Crippen LogP contribution is -2.28. The Morgan fingerprint density at radius 1 is 1.22 bits per heavy atom. The number of hydrogen-bond acceptors (Lipinski definition) is 5. The monoisotopic (exact) mass is 336 g/mol. The van der Waals surface area contributed by atoms with Gasteiger partial charge in [0.2, 0.25) is 5.89 Å². The van der Waals surface area contributed by atoms with E-state index < -0.39 is 0 Å². The molecule has 1 aliphatic rings. The first-order chi connectivity index (χ1) is 10.4. The Bertz CT molecular complexity index is 623. The minimum absolute atomic E-state index is 0. The minimum Gasteiger partial charge on any atom is -0.338 e. The van der Waals surface area contributed by atoms with E-state index in [1.165, 1.54) is 5.56 Å². The van der Waals surface area contributed by atoms with E-state index in [0.29, 0.717) is 18.4 Å². The summed E-state index contributed by atoms with van der Waals surface area (Å²) >= 11 is 0. The molecule has 23 heavy (non-hydrogen) atoms. The molecule has 0 aliphatic carbocycles. The molecular formula is C17H25ClN4O. The normalized spacial score (nSPS) is 22.1. The van der Waals surface area contributed by atoms with Gasteiger partial charge in [-0.05, 0) is 5.56 Å². The number of nitrogens with zero attached hydrogens (tertiary/aromatic N) is 3. The highest BCUT2D eigenvalue weighted by Gasteiger charge is 2.32. The van der Waals surface area contributed by atoms with Crippen LogP contribution >= 0.6 is 12.4 Å². The first kappa shape index (κ1) is 17.9. The van der Waals surface area contributed by atoms with Crippen molar-refractivity contribution < 1.29 is 4.52 Å². The molecular weight excluding hydrogens is 312 g/mol. The van der Waals surface area contributed by atoms with E-state index in [2.05, 4.69) is 60.1 Å². The van der Waals surface area contributed by atoms with Gasteiger partial charge < -0.3 is 10.3 Å². The SMILES string of the molecule is CC(C)(C)c1noc(CN2C[C@@H](N)[C@H](c3ccccc3)C2)n1.Cl. The maximum absolute atomic E-state index is 6.32. The van der Waals surface area contributed by atoms with Crippen LogP contribution in [0, 0.1) is 0 Å². The molecule has 0 bridgehead atoms. The fraction of sp³-hybridized carbons (Fsp3) is 0.529. The van der Waals surface area contributed by atoms with Crippen LogP contribution in [0.3, 0.4) is 0 Å². The Morgan fingerprint density at radius 3 is 2.52 bits per heavy atom. The molecule has 0 radical (unpaired) electrons. The lowest BCUT2D eigenvalue weighted by atomic mass is 9.95. The van der Waals surface area contributed by atoms with E-state index in [1.807, 2.05) is 6.07 Å². The van der Waals surface area contributed by atoms with Crippen molar-refractivity contribution in [1.82, 2.24) is 15.0 Å². The number of benzene rings is 1. The molecule has 2 aromatic rings. The van der Waals surface area contributed by atoms with Crippen LogP contribution in [0.1, 0.15) is 44.0 Å². The zero-order valence-electron chi connectivity index (χ0n) is 13.9. The zero-order valence-corrected chi connectivity index (χ0v) is 14.7. The predicted molar refractivity (Wildman–Crippen MR) is 92.7 cm³/mol. The van der Waals surface area contributed by atoms with Crippen molar-refractivity contribution in [2.24, 2.45) is 5.73 Å². The molecule has 1 aromatic carbocycles. The Labute approximate surface area is 143 Å². The summed E-state index contributed by atoms with van der Waals surface area (Å²) in [5.74, 6) is 1.79. The Balaban J connectivity index is 0.00000192. The van der Waals surface area contributed by atoms with Crippen molar-refractivity contribution in [2.75, 3.05) is 13.1 Å². The van der Waals surface area contributed by atoms with Gasteiger partial charge in [0.15, 0.2) is 5.82 Å². The molecule has 1 aliphatic heterocycles. The van der Waals surface area contributed by atoms with Crippen molar-refractivity contribution in [3.63, 3.8) is 0 Å². The average molecular weight is 337 g/mol. The van der Waals surface area contributed by atoms with Crippen LogP contribution in [0.4, 0.5) is 0 Å². The fourth-order valence-electron chi connectivity index (χ4n) is 2.91. The summed E-state index contributed by atoms with van der Waals surface area (Å²) in [5, 5.41) is 4.08. The van der Waals surface area contributed by atoms with Crippen LogP contribution in [-0.4, -0.2) is 34.2 Å². The molecule has 1 fully saturated rings. The summed E-state index contributed by atoms with van der Waals surface area (Å²) in [7, 11) is 0. The number of rotatable bonds is 3. The van der Waals surface area contributed by atoms with Crippen molar-refractivity contribution in [3.05, 3.63) is 47.6 Å². The van der Waals surface area contributed by atoms with Crippen molar-refractivity contribution >= 4 is 12.4 Å². The van der Waals surface area contributed by atoms with E-state index in [4.69, 9.17) is 10.3 Å². The van der Waals surface area contributed by atoms with E-state index in [9.17, 15) is 0 Å². The molecule has 2 N–H and O–H groups in total. The van der Waals surface area contributed by atoms with Crippen LogP contribution in [0.25, 0.3) is 0 Å². The van der Waals surface area contributed by atoms with E-state index >= 15 is 0 Å². The van der Waals surface area contributed by atoms with Crippen molar-refractivity contribution in [1.29, 1.82) is 0 Å². The van der Waals surface area contributed by atoms with Crippen molar-refractivity contribution in [3.8, 4) is 0 Å². The summed E-state index contributed by atoms with van der Waals surface area (Å²) in [6, 6.07) is 10.6. The highest BCUT2D eigenvalue weighted by molar-refractivity contribution is 5.85. The zero-order chi connectivity index (χ0) is 15.7. The average Bonchev–Trinajstić information content (AvgIpc) is 3.07. The fourth-order valence-corrected chi connectivity index (χ4v) is 2.91. The van der Waals surface area contributed by atoms with Gasteiger partial charge >= 0.3 is 0 Å². The van der Waals surface area contributed by atoms with E-state index in [1.54, 1.807) is 0 Å². The topological polar surface area (TPSA) is 68.2 Å². The number of halogens is 1. The summed E-state index contributed by atoms with van der Waals surface area (Å²) in [6.07, 6.45) is 0. The van der Waals surface area contributed by atoms with Crippen LogP contribution in [0.5, 0.6) is 0 Å². The van der Waals surface area contributed by atoms with Crippen LogP contribution in [-0.2, 0) is 12.0 Å². The maximum Gasteiger partial charge on any atom is 0.240 e. The maximum atomic E-state index is 6.32. The van der Waals surface area contributed by atoms with Gasteiger partial charge in [-0.1, -0.05) is 56.3 Å². The molecule has 5 nitrogen and oxygen atoms in total.